The molecule has 5 aromatic rings. The van der Waals surface area contributed by atoms with Crippen LogP contribution in [-0.4, -0.2) is 44.9 Å². The molecule has 3 aromatic carbocycles. The third-order valence-corrected chi connectivity index (χ3v) is 7.49. The first-order valence-corrected chi connectivity index (χ1v) is 12.5. The van der Waals surface area contributed by atoms with Crippen LogP contribution in [0.2, 0.25) is 0 Å². The van der Waals surface area contributed by atoms with Crippen molar-refractivity contribution < 1.29 is 17.6 Å². The van der Waals surface area contributed by atoms with E-state index in [9.17, 15) is 17.6 Å². The highest BCUT2D eigenvalue weighted by atomic mass is 19.3. The molecule has 2 atom stereocenters. The fourth-order valence-corrected chi connectivity index (χ4v) is 5.49. The van der Waals surface area contributed by atoms with Crippen molar-refractivity contribution in [2.45, 2.75) is 36.8 Å². The van der Waals surface area contributed by atoms with Crippen LogP contribution >= 0.6 is 0 Å². The van der Waals surface area contributed by atoms with Gasteiger partial charge in [-0.05, 0) is 34.2 Å². The average molecular weight is 521 g/mol. The Morgan fingerprint density at radius 1 is 0.711 bits per heavy atom. The van der Waals surface area contributed by atoms with Crippen LogP contribution in [0.15, 0.2) is 60.8 Å². The van der Waals surface area contributed by atoms with E-state index >= 15 is 0 Å². The summed E-state index contributed by atoms with van der Waals surface area (Å²) in [5.41, 5.74) is 5.31. The summed E-state index contributed by atoms with van der Waals surface area (Å²) < 4.78 is 54.4. The quantitative estimate of drug-likeness (QED) is 0.216. The van der Waals surface area contributed by atoms with Gasteiger partial charge in [-0.15, -0.1) is 0 Å². The second-order valence-electron chi connectivity index (χ2n) is 10.3. The largest absolute Gasteiger partial charge is 0.341 e. The summed E-state index contributed by atoms with van der Waals surface area (Å²) in [5, 5.41) is 7.63. The van der Waals surface area contributed by atoms with Crippen LogP contribution in [-0.2, 0) is 0 Å². The number of rotatable bonds is 4. The predicted molar refractivity (Wildman–Crippen MR) is 137 cm³/mol. The average Bonchev–Trinajstić information content (AvgIpc) is 3.69. The lowest BCUT2D eigenvalue weighted by Gasteiger charge is -2.07. The summed E-state index contributed by atoms with van der Waals surface area (Å²) in [4.78, 5) is 15.4. The third kappa shape index (κ3) is 4.13. The summed E-state index contributed by atoms with van der Waals surface area (Å²) in [5.74, 6) is -4.39. The predicted octanol–water partition coefficient (Wildman–Crippen LogP) is 6.11. The van der Waals surface area contributed by atoms with E-state index in [1.54, 1.807) is 6.20 Å². The fraction of sp³-hybridized carbons (Fsp3) is 0.286. The van der Waals surface area contributed by atoms with Crippen LogP contribution in [0.1, 0.15) is 36.6 Å². The van der Waals surface area contributed by atoms with Gasteiger partial charge in [0, 0.05) is 18.2 Å². The van der Waals surface area contributed by atoms with Crippen molar-refractivity contribution in [2.24, 2.45) is 0 Å². The second-order valence-corrected chi connectivity index (χ2v) is 10.3. The van der Waals surface area contributed by atoms with E-state index in [2.05, 4.69) is 36.6 Å². The molecule has 7 rings (SSSR count). The number of hydrogen-bond donors (Lipinski definition) is 4. The summed E-state index contributed by atoms with van der Waals surface area (Å²) >= 11 is 0. The van der Waals surface area contributed by atoms with Crippen LogP contribution in [0.5, 0.6) is 0 Å². The maximum absolute atomic E-state index is 13.7. The van der Waals surface area contributed by atoms with Gasteiger partial charge in [0.05, 0.1) is 48.1 Å². The normalized spacial score (nSPS) is 22.5. The Labute approximate surface area is 214 Å². The van der Waals surface area contributed by atoms with Crippen LogP contribution in [0.25, 0.3) is 44.2 Å². The molecule has 2 fully saturated rings. The van der Waals surface area contributed by atoms with E-state index in [1.807, 2.05) is 48.5 Å². The number of alkyl halides is 4. The summed E-state index contributed by atoms with van der Waals surface area (Å²) in [7, 11) is 0. The lowest BCUT2D eigenvalue weighted by Crippen LogP contribution is -2.19. The number of nitrogens with one attached hydrogen (secondary N) is 4. The van der Waals surface area contributed by atoms with Crippen molar-refractivity contribution in [1.29, 1.82) is 0 Å². The number of halogens is 4. The first-order valence-electron chi connectivity index (χ1n) is 12.5. The number of aromatic nitrogens is 4. The van der Waals surface area contributed by atoms with E-state index in [-0.39, 0.29) is 25.9 Å². The summed E-state index contributed by atoms with van der Waals surface area (Å²) in [6.45, 7) is -0.673. The minimum atomic E-state index is -2.72. The van der Waals surface area contributed by atoms with Crippen molar-refractivity contribution in [3.63, 3.8) is 0 Å². The van der Waals surface area contributed by atoms with E-state index in [4.69, 9.17) is 0 Å². The molecule has 0 bridgehead atoms. The van der Waals surface area contributed by atoms with Crippen LogP contribution < -0.4 is 10.6 Å². The molecule has 0 spiro atoms. The van der Waals surface area contributed by atoms with E-state index in [0.717, 1.165) is 44.2 Å². The summed E-state index contributed by atoms with van der Waals surface area (Å²) in [6.07, 6.45) is 1.14. The molecular formula is C28H24F4N6. The lowest BCUT2D eigenvalue weighted by atomic mass is 9.99. The minimum Gasteiger partial charge on any atom is -0.341 e. The Morgan fingerprint density at radius 3 is 2.05 bits per heavy atom. The molecule has 0 radical (unpaired) electrons. The minimum absolute atomic E-state index is 0.264. The van der Waals surface area contributed by atoms with Crippen molar-refractivity contribution >= 4 is 21.8 Å². The Balaban J connectivity index is 1.14. The number of imidazole rings is 2. The van der Waals surface area contributed by atoms with Crippen molar-refractivity contribution in [2.75, 3.05) is 13.1 Å². The number of nitrogens with zero attached hydrogens (tertiary/aromatic N) is 2. The van der Waals surface area contributed by atoms with Gasteiger partial charge in [0.15, 0.2) is 0 Å². The molecule has 4 N–H and O–H groups in total. The van der Waals surface area contributed by atoms with Gasteiger partial charge in [-0.1, -0.05) is 42.5 Å². The molecule has 10 heteroatoms. The third-order valence-electron chi connectivity index (χ3n) is 7.49. The smallest absolute Gasteiger partial charge is 0.262 e. The molecule has 0 unspecified atom stereocenters. The molecule has 0 amide bonds. The molecule has 38 heavy (non-hydrogen) atoms. The number of fused-ring (bicyclic) bond motifs is 3. The zero-order valence-corrected chi connectivity index (χ0v) is 20.2. The van der Waals surface area contributed by atoms with Crippen molar-refractivity contribution in [3.05, 3.63) is 72.4 Å². The monoisotopic (exact) mass is 520 g/mol. The molecule has 2 aromatic heterocycles. The van der Waals surface area contributed by atoms with Gasteiger partial charge >= 0.3 is 0 Å². The molecule has 0 saturated carbocycles. The zero-order chi connectivity index (χ0) is 26.1. The molecule has 2 saturated heterocycles. The van der Waals surface area contributed by atoms with Gasteiger partial charge in [0.1, 0.15) is 11.6 Å². The highest BCUT2D eigenvalue weighted by Gasteiger charge is 2.41. The van der Waals surface area contributed by atoms with Gasteiger partial charge < -0.3 is 20.6 Å². The van der Waals surface area contributed by atoms with E-state index in [1.165, 1.54) is 0 Å². The van der Waals surface area contributed by atoms with Crippen molar-refractivity contribution in [3.8, 4) is 22.4 Å². The molecule has 2 aliphatic heterocycles. The molecule has 0 aliphatic carbocycles. The molecule has 6 nitrogen and oxygen atoms in total. The van der Waals surface area contributed by atoms with Gasteiger partial charge in [0.25, 0.3) is 11.8 Å². The standard InChI is InChI=1S/C28H24F4N6/c29-27(30)10-21(34-13-27)25-33-12-23(37-25)16-3-1-15(2-4-16)17-5-7-19-18(9-17)6-8-20-24(19)38-26(36-20)22-11-28(31,32)14-35-22/h1-9,12,21-22,34-35H,10-11,13-14H2,(H,33,37)(H,36,38)/t21-,22-/m0/s1. The molecule has 194 valence electrons. The number of benzene rings is 3. The Bertz CT molecular complexity index is 1660. The molecule has 2 aliphatic rings. The number of H-pyrrole nitrogens is 2. The first kappa shape index (κ1) is 23.4. The first-order chi connectivity index (χ1) is 18.2. The Kier molecular flexibility index (Phi) is 5.15. The van der Waals surface area contributed by atoms with Crippen molar-refractivity contribution in [1.82, 2.24) is 30.6 Å². The lowest BCUT2D eigenvalue weighted by molar-refractivity contribution is 0.0201. The molecular weight excluding hydrogens is 496 g/mol. The maximum atomic E-state index is 13.7. The molecule has 4 heterocycles. The number of aromatic amines is 2. The summed E-state index contributed by atoms with van der Waals surface area (Å²) in [6, 6.07) is 17.0. The van der Waals surface area contributed by atoms with E-state index < -0.39 is 23.9 Å². The Hall–Kier alpha value is -3.76. The van der Waals surface area contributed by atoms with Gasteiger partial charge in [0.2, 0.25) is 0 Å². The topological polar surface area (TPSA) is 81.4 Å². The maximum Gasteiger partial charge on any atom is 0.262 e. The van der Waals surface area contributed by atoms with Gasteiger partial charge in [-0.2, -0.15) is 0 Å². The highest BCUT2D eigenvalue weighted by Crippen LogP contribution is 2.36. The number of hydrogen-bond acceptors (Lipinski definition) is 4. The van der Waals surface area contributed by atoms with Crippen LogP contribution in [0.4, 0.5) is 17.6 Å². The SMILES string of the molecule is FC1(F)CN[C@H](c2ncc(-c3ccc(-c4ccc5c(ccc6[nH]c([C@@H]7CC(F)(F)CN7)nc65)c4)cc3)[nH]2)C1. The van der Waals surface area contributed by atoms with Gasteiger partial charge in [-0.3, -0.25) is 0 Å². The second kappa shape index (κ2) is 8.37. The van der Waals surface area contributed by atoms with Crippen LogP contribution in [0.3, 0.4) is 0 Å². The Morgan fingerprint density at radius 2 is 1.37 bits per heavy atom. The zero-order valence-electron chi connectivity index (χ0n) is 20.2. The fourth-order valence-electron chi connectivity index (χ4n) is 5.49. The van der Waals surface area contributed by atoms with Gasteiger partial charge in [-0.25, -0.2) is 27.5 Å². The van der Waals surface area contributed by atoms with E-state index in [0.29, 0.717) is 11.6 Å². The highest BCUT2D eigenvalue weighted by molar-refractivity contribution is 6.05. The van der Waals surface area contributed by atoms with Crippen LogP contribution in [0, 0.1) is 0 Å².